The third kappa shape index (κ3) is 26.5. The number of hydrogen-bond donors (Lipinski definition) is 1. The molecule has 4 rings (SSSR count). The SMILES string of the molecule is CC(C)(C)OC(=O)N1CCC(CC#N)CC1.CCO.N#CCC1CCCCC1.[C-]#[N+]CN1CCC(CC#N)CC1.[C-]#[N+]CN1CCC(CCC#N)CC1. The summed E-state index contributed by atoms with van der Waals surface area (Å²) in [6.45, 7) is 27.5. The molecular weight excluding hydrogens is 667 g/mol. The zero-order valence-electron chi connectivity index (χ0n) is 33.3. The number of hydrogen-bond acceptors (Lipinski definition) is 9. The molecule has 3 aliphatic heterocycles. The van der Waals surface area contributed by atoms with Gasteiger partial charge < -0.3 is 14.7 Å². The van der Waals surface area contributed by atoms with Crippen molar-refractivity contribution < 1.29 is 14.6 Å². The molecule has 1 saturated carbocycles. The number of carbonyl (C=O) groups is 1. The van der Waals surface area contributed by atoms with E-state index in [1.807, 2.05) is 20.8 Å². The summed E-state index contributed by atoms with van der Waals surface area (Å²) in [6.07, 6.45) is 16.6. The summed E-state index contributed by atoms with van der Waals surface area (Å²) in [5.74, 6) is 2.49. The molecule has 0 unspecified atom stereocenters. The second kappa shape index (κ2) is 31.6. The first-order valence-electron chi connectivity index (χ1n) is 19.7. The van der Waals surface area contributed by atoms with E-state index >= 15 is 0 Å². The highest BCUT2D eigenvalue weighted by Gasteiger charge is 2.26. The van der Waals surface area contributed by atoms with Crippen LogP contribution >= 0.6 is 0 Å². The van der Waals surface area contributed by atoms with Crippen LogP contribution in [0.2, 0.25) is 0 Å². The molecule has 12 nitrogen and oxygen atoms in total. The fourth-order valence-electron chi connectivity index (χ4n) is 6.64. The predicted molar refractivity (Wildman–Crippen MR) is 207 cm³/mol. The first-order valence-corrected chi connectivity index (χ1v) is 19.7. The van der Waals surface area contributed by atoms with Gasteiger partial charge in [0.1, 0.15) is 5.60 Å². The summed E-state index contributed by atoms with van der Waals surface area (Å²) in [5, 5.41) is 41.4. The van der Waals surface area contributed by atoms with Gasteiger partial charge in [0.25, 0.3) is 13.3 Å². The normalized spacial score (nSPS) is 18.6. The van der Waals surface area contributed by atoms with E-state index in [4.69, 9.17) is 44.0 Å². The summed E-state index contributed by atoms with van der Waals surface area (Å²) < 4.78 is 5.29. The van der Waals surface area contributed by atoms with Gasteiger partial charge in [-0.3, -0.25) is 9.69 Å². The molecule has 0 aromatic heterocycles. The van der Waals surface area contributed by atoms with Gasteiger partial charge >= 0.3 is 6.09 Å². The number of amides is 1. The third-order valence-corrected chi connectivity index (χ3v) is 9.75. The number of carbonyl (C=O) groups excluding carboxylic acids is 1. The van der Waals surface area contributed by atoms with Crippen LogP contribution in [0.1, 0.15) is 130 Å². The number of piperidine rings is 3. The van der Waals surface area contributed by atoms with Crippen LogP contribution < -0.4 is 0 Å². The molecule has 0 spiro atoms. The summed E-state index contributed by atoms with van der Waals surface area (Å²) in [5.41, 5.74) is -0.430. The van der Waals surface area contributed by atoms with Gasteiger partial charge in [-0.05, 0) is 109 Å². The standard InChI is InChI=1S/C12H20N2O2.C10H15N3.C9H13N3.C8H13N.C2H6O/c1-12(2,3)16-11(15)14-8-5-10(4-7-13)6-9-14;1-12-9-13-7-4-10(5-8-13)3-2-6-11;1-11-8-12-6-3-9(2-5-10)4-7-12;9-7-6-8-4-2-1-3-5-8;1-2-3/h10H,4-6,8-9H2,1-3H3;10H,2-5,7-9H2;9H,2-4,6-8H2;8H,1-6H2;3H,2H2,1H3. The molecule has 0 bridgehead atoms. The van der Waals surface area contributed by atoms with E-state index in [-0.39, 0.29) is 12.7 Å². The fourth-order valence-corrected chi connectivity index (χ4v) is 6.64. The average molecular weight is 734 g/mol. The van der Waals surface area contributed by atoms with Gasteiger partial charge in [0.2, 0.25) is 0 Å². The van der Waals surface area contributed by atoms with Crippen molar-refractivity contribution in [1.29, 1.82) is 21.0 Å². The predicted octanol–water partition coefficient (Wildman–Crippen LogP) is 8.39. The maximum absolute atomic E-state index is 11.7. The summed E-state index contributed by atoms with van der Waals surface area (Å²) in [7, 11) is 0. The molecule has 0 atom stereocenters. The first-order chi connectivity index (χ1) is 25.5. The van der Waals surface area contributed by atoms with Crippen LogP contribution in [-0.4, -0.2) is 90.7 Å². The smallest absolute Gasteiger partial charge is 0.410 e. The fraction of sp³-hybridized carbons (Fsp3) is 0.829. The van der Waals surface area contributed by atoms with E-state index < -0.39 is 5.60 Å². The van der Waals surface area contributed by atoms with Crippen molar-refractivity contribution in [2.45, 2.75) is 136 Å². The Bertz CT molecular complexity index is 1170. The van der Waals surface area contributed by atoms with Crippen LogP contribution in [0, 0.1) is 82.1 Å². The van der Waals surface area contributed by atoms with Crippen LogP contribution in [0.4, 0.5) is 4.79 Å². The molecule has 3 heterocycles. The van der Waals surface area contributed by atoms with Crippen LogP contribution in [0.3, 0.4) is 0 Å². The average Bonchev–Trinajstić information content (AvgIpc) is 3.14. The molecule has 1 N–H and O–H groups in total. The van der Waals surface area contributed by atoms with Gasteiger partial charge in [0.05, 0.1) is 24.3 Å². The Balaban J connectivity index is 0.000000673. The van der Waals surface area contributed by atoms with Gasteiger partial charge in [0.15, 0.2) is 0 Å². The Morgan fingerprint density at radius 3 is 1.42 bits per heavy atom. The Kier molecular flexibility index (Phi) is 29.3. The van der Waals surface area contributed by atoms with Gasteiger partial charge in [-0.1, -0.05) is 19.3 Å². The maximum atomic E-state index is 11.7. The van der Waals surface area contributed by atoms with Gasteiger partial charge in [-0.25, -0.2) is 27.7 Å². The van der Waals surface area contributed by atoms with E-state index in [0.29, 0.717) is 57.5 Å². The van der Waals surface area contributed by atoms with E-state index in [1.165, 1.54) is 32.1 Å². The number of ether oxygens (including phenoxy) is 1. The van der Waals surface area contributed by atoms with Crippen molar-refractivity contribution in [2.24, 2.45) is 23.7 Å². The topological polar surface area (TPSA) is 160 Å². The molecule has 4 fully saturated rings. The quantitative estimate of drug-likeness (QED) is 0.254. The lowest BCUT2D eigenvalue weighted by atomic mass is 9.87. The molecule has 0 radical (unpaired) electrons. The largest absolute Gasteiger partial charge is 0.444 e. The molecular formula is C41H67N9O3. The highest BCUT2D eigenvalue weighted by molar-refractivity contribution is 5.68. The highest BCUT2D eigenvalue weighted by atomic mass is 16.6. The molecule has 1 aliphatic carbocycles. The summed E-state index contributed by atoms with van der Waals surface area (Å²) in [4.78, 5) is 24.5. The van der Waals surface area contributed by atoms with Crippen molar-refractivity contribution in [1.82, 2.24) is 14.7 Å². The van der Waals surface area contributed by atoms with Crippen molar-refractivity contribution in [3.05, 3.63) is 22.8 Å². The monoisotopic (exact) mass is 734 g/mol. The molecule has 1 amide bonds. The molecule has 0 aromatic rings. The number of nitriles is 4. The van der Waals surface area contributed by atoms with Crippen LogP contribution in [0.5, 0.6) is 0 Å². The minimum atomic E-state index is -0.430. The van der Waals surface area contributed by atoms with E-state index in [2.05, 4.69) is 43.8 Å². The zero-order valence-corrected chi connectivity index (χ0v) is 33.3. The number of aliphatic hydroxyl groups is 1. The zero-order chi connectivity index (χ0) is 39.7. The molecule has 12 heteroatoms. The summed E-state index contributed by atoms with van der Waals surface area (Å²) >= 11 is 0. The van der Waals surface area contributed by atoms with Crippen LogP contribution in [0.25, 0.3) is 9.69 Å². The van der Waals surface area contributed by atoms with E-state index in [9.17, 15) is 4.79 Å². The second-order valence-corrected chi connectivity index (χ2v) is 15.2. The van der Waals surface area contributed by atoms with Crippen molar-refractivity contribution in [3.63, 3.8) is 0 Å². The van der Waals surface area contributed by atoms with Gasteiger partial charge in [0, 0.05) is 71.6 Å². The van der Waals surface area contributed by atoms with Crippen molar-refractivity contribution >= 4 is 6.09 Å². The lowest BCUT2D eigenvalue weighted by molar-refractivity contribution is 0.0185. The number of likely N-dealkylation sites (tertiary alicyclic amines) is 3. The molecule has 53 heavy (non-hydrogen) atoms. The second-order valence-electron chi connectivity index (χ2n) is 15.2. The Hall–Kier alpha value is -3.91. The Morgan fingerprint density at radius 2 is 1.06 bits per heavy atom. The third-order valence-electron chi connectivity index (χ3n) is 9.75. The molecule has 3 saturated heterocycles. The Morgan fingerprint density at radius 1 is 0.679 bits per heavy atom. The van der Waals surface area contributed by atoms with E-state index in [0.717, 1.165) is 89.4 Å². The minimum absolute atomic E-state index is 0.233. The molecule has 294 valence electrons. The lowest BCUT2D eigenvalue weighted by Crippen LogP contribution is -2.41. The van der Waals surface area contributed by atoms with Gasteiger partial charge in [-0.2, -0.15) is 21.0 Å². The highest BCUT2D eigenvalue weighted by Crippen LogP contribution is 2.26. The van der Waals surface area contributed by atoms with Crippen molar-refractivity contribution in [2.75, 3.05) is 59.2 Å². The maximum Gasteiger partial charge on any atom is 0.410 e. The first kappa shape index (κ1) is 49.1. The van der Waals surface area contributed by atoms with Gasteiger partial charge in [-0.15, -0.1) is 0 Å². The van der Waals surface area contributed by atoms with Crippen LogP contribution in [-0.2, 0) is 4.74 Å². The number of rotatable bonds is 7. The Labute approximate surface area is 321 Å². The minimum Gasteiger partial charge on any atom is -0.444 e. The summed E-state index contributed by atoms with van der Waals surface area (Å²) in [6, 6.07) is 8.82. The number of nitrogens with zero attached hydrogens (tertiary/aromatic N) is 9. The van der Waals surface area contributed by atoms with E-state index in [1.54, 1.807) is 11.8 Å². The van der Waals surface area contributed by atoms with Crippen molar-refractivity contribution in [3.8, 4) is 24.3 Å². The van der Waals surface area contributed by atoms with Crippen LogP contribution in [0.15, 0.2) is 0 Å². The number of aliphatic hydroxyl groups excluding tert-OH is 1. The lowest BCUT2D eigenvalue weighted by Gasteiger charge is -2.32. The molecule has 4 aliphatic rings. The molecule has 0 aromatic carbocycles.